The Morgan fingerprint density at radius 2 is 1.00 bits per heavy atom. The first kappa shape index (κ1) is 11.1. The molecule has 0 aliphatic heterocycles. The Kier molecular flexibility index (Phi) is 29.0. The van der Waals surface area contributed by atoms with Gasteiger partial charge in [-0.25, -0.2) is 0 Å². The SMILES string of the molecule is N#[C][K].N#[C][K]. The second kappa shape index (κ2) is 15.7. The van der Waals surface area contributed by atoms with Gasteiger partial charge in [-0.05, 0) is 0 Å². The van der Waals surface area contributed by atoms with Gasteiger partial charge in [0.25, 0.3) is 0 Å². The molecule has 0 aromatic heterocycles. The Balaban J connectivity index is 0. The van der Waals surface area contributed by atoms with Gasteiger partial charge in [-0.15, -0.1) is 0 Å². The molecule has 0 aliphatic carbocycles. The van der Waals surface area contributed by atoms with Crippen LogP contribution in [0.3, 0.4) is 0 Å². The summed E-state index contributed by atoms with van der Waals surface area (Å²) in [4.78, 5) is 0. The van der Waals surface area contributed by atoms with Crippen molar-refractivity contribution in [2.24, 2.45) is 0 Å². The number of hydrogen-bond acceptors (Lipinski definition) is 2. The van der Waals surface area contributed by atoms with E-state index in [0.717, 1.165) is 0 Å². The number of nitriles is 2. The fourth-order valence-electron chi connectivity index (χ4n) is 0. The van der Waals surface area contributed by atoms with Gasteiger partial charge in [0, 0.05) is 0 Å². The average Bonchev–Trinajstić information content (AvgIpc) is 1.39. The van der Waals surface area contributed by atoms with Crippen molar-refractivity contribution in [2.45, 2.75) is 0 Å². The van der Waals surface area contributed by atoms with Crippen LogP contribution in [0.4, 0.5) is 0 Å². The minimum atomic E-state index is 0.410. The van der Waals surface area contributed by atoms with Crippen molar-refractivity contribution in [1.82, 2.24) is 0 Å². The van der Waals surface area contributed by atoms with E-state index >= 15 is 0 Å². The molecule has 2 nitrogen and oxygen atoms in total. The first-order valence-corrected chi connectivity index (χ1v) is 4.57. The van der Waals surface area contributed by atoms with Gasteiger partial charge in [-0.3, -0.25) is 0 Å². The minimum absolute atomic E-state index is 0.410. The van der Waals surface area contributed by atoms with Crippen molar-refractivity contribution >= 4 is 97.9 Å². The zero-order valence-corrected chi connectivity index (χ0v) is 10.1. The summed E-state index contributed by atoms with van der Waals surface area (Å²) in [5.41, 5.74) is 0. The van der Waals surface area contributed by atoms with E-state index < -0.39 is 0 Å². The van der Waals surface area contributed by atoms with E-state index in [2.05, 4.69) is 0 Å². The molecule has 0 rings (SSSR count). The molecule has 0 fully saturated rings. The predicted molar refractivity (Wildman–Crippen MR) is 22.7 cm³/mol. The first-order valence-electron chi connectivity index (χ1n) is 1.45. The summed E-state index contributed by atoms with van der Waals surface area (Å²) in [6.45, 7) is 0. The van der Waals surface area contributed by atoms with E-state index in [1.807, 2.05) is 0.328 Å². The zero-order chi connectivity index (χ0) is 5.41. The summed E-state index contributed by atoms with van der Waals surface area (Å²) in [5.74, 6) is 0. The normalized spacial score (nSPS) is 3.00. The molecule has 0 saturated heterocycles. The van der Waals surface area contributed by atoms with E-state index in [-0.39, 0.29) is 0 Å². The molecule has 0 N–H and O–H groups in total. The van der Waals surface area contributed by atoms with Crippen LogP contribution in [0, 0.1) is 10.9 Å². The van der Waals surface area contributed by atoms with Crippen molar-refractivity contribution in [3.8, 4) is 0.328 Å². The Labute approximate surface area is 105 Å². The van der Waals surface area contributed by atoms with Crippen molar-refractivity contribution in [2.75, 3.05) is 0 Å². The molecule has 6 heavy (non-hydrogen) atoms. The molecule has 4 heteroatoms. The molecule has 0 unspecified atom stereocenters. The molecule has 0 bridgehead atoms. The Morgan fingerprint density at radius 3 is 1.00 bits per heavy atom. The van der Waals surface area contributed by atoms with Gasteiger partial charge in [0.15, 0.2) is 0 Å². The van der Waals surface area contributed by atoms with Gasteiger partial charge in [0.1, 0.15) is 0 Å². The molecule has 0 radical (unpaired) electrons. The fourth-order valence-corrected chi connectivity index (χ4v) is 0. The van der Waals surface area contributed by atoms with Crippen LogP contribution in [0.25, 0.3) is 0 Å². The van der Waals surface area contributed by atoms with Crippen LogP contribution in [-0.4, -0.2) is 97.9 Å². The molecule has 0 spiro atoms. The molecule has 0 saturated carbocycles. The summed E-state index contributed by atoms with van der Waals surface area (Å²) in [7, 11) is 0. The van der Waals surface area contributed by atoms with Gasteiger partial charge < -0.3 is 0 Å². The molecule has 0 aliphatic rings. The summed E-state index contributed by atoms with van der Waals surface area (Å²) >= 11 is 0.819. The van der Waals surface area contributed by atoms with Crippen LogP contribution in [0.5, 0.6) is 0 Å². The second-order valence-corrected chi connectivity index (χ2v) is 1.84. The Hall–Kier alpha value is 2.25. The molecule has 20 valence electrons. The number of nitrogens with zero attached hydrogens (tertiary/aromatic N) is 2. The molecule has 0 aromatic rings. The van der Waals surface area contributed by atoms with Crippen LogP contribution in [0.15, 0.2) is 0 Å². The van der Waals surface area contributed by atoms with Crippen LogP contribution >= 0.6 is 0 Å². The Bertz CT molecular complexity index is 64.5. The summed E-state index contributed by atoms with van der Waals surface area (Å²) in [6, 6.07) is 0. The summed E-state index contributed by atoms with van der Waals surface area (Å²) in [6.07, 6.45) is 0. The van der Waals surface area contributed by atoms with E-state index in [4.69, 9.17) is 10.5 Å². The third kappa shape index (κ3) is 34.0. The zero-order valence-electron chi connectivity index (χ0n) is 3.89. The van der Waals surface area contributed by atoms with Crippen molar-refractivity contribution < 1.29 is 0 Å². The van der Waals surface area contributed by atoms with Crippen LogP contribution in [0.2, 0.25) is 0 Å². The summed E-state index contributed by atoms with van der Waals surface area (Å²) < 4.78 is 3.88. The van der Waals surface area contributed by atoms with Gasteiger partial charge >= 0.3 is 109 Å². The average molecular weight is 130 g/mol. The van der Waals surface area contributed by atoms with E-state index in [0.29, 0.717) is 97.9 Å². The van der Waals surface area contributed by atoms with E-state index in [1.54, 1.807) is 0 Å². The molecular formula is C2K2N2. The van der Waals surface area contributed by atoms with Gasteiger partial charge in [0.05, 0.1) is 0 Å². The van der Waals surface area contributed by atoms with E-state index in [1.165, 1.54) is 0 Å². The number of rotatable bonds is 0. The molecule has 0 amide bonds. The van der Waals surface area contributed by atoms with Crippen molar-refractivity contribution in [1.29, 1.82) is 10.5 Å². The quantitative estimate of drug-likeness (QED) is 0.406. The third-order valence-corrected chi connectivity index (χ3v) is 0. The van der Waals surface area contributed by atoms with Gasteiger partial charge in [-0.1, -0.05) is 0 Å². The van der Waals surface area contributed by atoms with Gasteiger partial charge in [-0.2, -0.15) is 0 Å². The van der Waals surface area contributed by atoms with Crippen LogP contribution < -0.4 is 0 Å². The van der Waals surface area contributed by atoms with Crippen molar-refractivity contribution in [3.05, 3.63) is 0 Å². The maximum atomic E-state index is 7.40. The fraction of sp³-hybridized carbons (Fsp3) is 0. The molecule has 0 atom stereocenters. The third-order valence-electron chi connectivity index (χ3n) is 0. The van der Waals surface area contributed by atoms with E-state index in [9.17, 15) is 0 Å². The predicted octanol–water partition coefficient (Wildman–Crippen LogP) is -0.728. The summed E-state index contributed by atoms with van der Waals surface area (Å²) in [5, 5.41) is 14.8. The van der Waals surface area contributed by atoms with Crippen LogP contribution in [0.1, 0.15) is 0 Å². The second-order valence-electron chi connectivity index (χ2n) is 0.447. The standard InChI is InChI=1S/2CN.2K/c2*1-2;;. The first-order chi connectivity index (χ1) is 2.83. The number of hydrogen-bond donors (Lipinski definition) is 0. The molecular weight excluding hydrogens is 130 g/mol. The monoisotopic (exact) mass is 130 g/mol. The topological polar surface area (TPSA) is 47.6 Å². The Morgan fingerprint density at radius 1 is 1.00 bits per heavy atom. The van der Waals surface area contributed by atoms with Crippen LogP contribution in [-0.2, 0) is 0 Å². The van der Waals surface area contributed by atoms with Gasteiger partial charge in [0.2, 0.25) is 0 Å². The molecule has 0 aromatic carbocycles. The van der Waals surface area contributed by atoms with Crippen molar-refractivity contribution in [3.63, 3.8) is 0 Å². The molecule has 0 heterocycles. The maximum absolute atomic E-state index is 7.40.